The highest BCUT2D eigenvalue weighted by atomic mass is 35.5. The molecule has 2 fully saturated rings. The lowest BCUT2D eigenvalue weighted by Gasteiger charge is -2.33. The first-order valence-corrected chi connectivity index (χ1v) is 8.49. The van der Waals surface area contributed by atoms with Gasteiger partial charge in [-0.2, -0.15) is 4.31 Å². The second-order valence-electron chi connectivity index (χ2n) is 5.33. The molecule has 0 aliphatic carbocycles. The van der Waals surface area contributed by atoms with Gasteiger partial charge in [0, 0.05) is 19.6 Å². The summed E-state index contributed by atoms with van der Waals surface area (Å²) in [7, 11) is -1.97. The van der Waals surface area contributed by atoms with Crippen molar-refractivity contribution in [1.29, 1.82) is 0 Å². The van der Waals surface area contributed by atoms with Gasteiger partial charge in [-0.25, -0.2) is 12.8 Å². The molecule has 0 N–H and O–H groups in total. The number of halogens is 2. The predicted molar refractivity (Wildman–Crippen MR) is 76.3 cm³/mol. The van der Waals surface area contributed by atoms with Crippen molar-refractivity contribution in [2.45, 2.75) is 17.0 Å². The van der Waals surface area contributed by atoms with Gasteiger partial charge in [0.05, 0.1) is 23.8 Å². The van der Waals surface area contributed by atoms with Gasteiger partial charge in [0.2, 0.25) is 10.0 Å². The van der Waals surface area contributed by atoms with E-state index in [2.05, 4.69) is 4.90 Å². The first kappa shape index (κ1) is 15.2. The van der Waals surface area contributed by atoms with E-state index in [1.165, 1.54) is 22.5 Å². The van der Waals surface area contributed by atoms with Crippen LogP contribution in [0.4, 0.5) is 4.39 Å². The number of morpholine rings is 1. The van der Waals surface area contributed by atoms with Gasteiger partial charge in [0.25, 0.3) is 0 Å². The van der Waals surface area contributed by atoms with Gasteiger partial charge < -0.3 is 4.74 Å². The van der Waals surface area contributed by atoms with Gasteiger partial charge in [-0.3, -0.25) is 4.90 Å². The minimum atomic E-state index is -3.91. The summed E-state index contributed by atoms with van der Waals surface area (Å²) in [5, 5.41) is -0.193. The molecule has 0 unspecified atom stereocenters. The number of likely N-dealkylation sites (N-methyl/N-ethyl adjacent to an activating group) is 1. The molecule has 0 bridgehead atoms. The maximum Gasteiger partial charge on any atom is 0.246 e. The number of nitrogens with zero attached hydrogens (tertiary/aromatic N) is 2. The largest absolute Gasteiger partial charge is 0.374 e. The first-order valence-electron chi connectivity index (χ1n) is 6.67. The van der Waals surface area contributed by atoms with Crippen LogP contribution in [0, 0.1) is 5.82 Å². The Kier molecular flexibility index (Phi) is 3.96. The zero-order valence-corrected chi connectivity index (χ0v) is 13.1. The monoisotopic (exact) mass is 334 g/mol. The molecule has 0 radical (unpaired) electrons. The van der Waals surface area contributed by atoms with Crippen LogP contribution in [0.3, 0.4) is 0 Å². The molecule has 2 aliphatic rings. The number of benzene rings is 1. The fourth-order valence-corrected chi connectivity index (χ4v) is 4.63. The SMILES string of the molecule is CN1CCO[C@@H]2CN(S(=O)(=O)c3cccc(Cl)c3F)C[C@@H]21. The summed E-state index contributed by atoms with van der Waals surface area (Å²) in [5.41, 5.74) is 0. The van der Waals surface area contributed by atoms with E-state index < -0.39 is 15.8 Å². The summed E-state index contributed by atoms with van der Waals surface area (Å²) in [4.78, 5) is 1.70. The zero-order chi connectivity index (χ0) is 15.2. The van der Waals surface area contributed by atoms with Gasteiger partial charge >= 0.3 is 0 Å². The summed E-state index contributed by atoms with van der Waals surface area (Å²) in [6.07, 6.45) is -0.166. The Labute approximate surface area is 128 Å². The molecule has 21 heavy (non-hydrogen) atoms. The minimum absolute atomic E-state index is 0.00997. The third-order valence-corrected chi connectivity index (χ3v) is 6.22. The summed E-state index contributed by atoms with van der Waals surface area (Å²) < 4.78 is 46.1. The molecule has 0 amide bonds. The molecule has 2 atom stereocenters. The Morgan fingerprint density at radius 1 is 1.38 bits per heavy atom. The minimum Gasteiger partial charge on any atom is -0.374 e. The fraction of sp³-hybridized carbons (Fsp3) is 0.538. The third-order valence-electron chi connectivity index (χ3n) is 4.08. The number of sulfonamides is 1. The standard InChI is InChI=1S/C13H16ClFN2O3S/c1-16-5-6-20-11-8-17(7-10(11)16)21(18,19)12-4-2-3-9(14)13(12)15/h2-4,10-11H,5-8H2,1H3/t10-,11+/m0/s1. The Balaban J connectivity index is 1.91. The number of fused-ring (bicyclic) bond motifs is 1. The van der Waals surface area contributed by atoms with E-state index in [9.17, 15) is 12.8 Å². The topological polar surface area (TPSA) is 49.9 Å². The number of rotatable bonds is 2. The van der Waals surface area contributed by atoms with Crippen LogP contribution < -0.4 is 0 Å². The number of hydrogen-bond acceptors (Lipinski definition) is 4. The maximum absolute atomic E-state index is 14.0. The molecule has 1 aromatic carbocycles. The molecular formula is C13H16ClFN2O3S. The van der Waals surface area contributed by atoms with Crippen LogP contribution in [0.25, 0.3) is 0 Å². The van der Waals surface area contributed by atoms with Gasteiger partial charge in [-0.05, 0) is 19.2 Å². The Bertz CT molecular complexity index is 655. The van der Waals surface area contributed by atoms with Crippen LogP contribution in [0.15, 0.2) is 23.1 Å². The predicted octanol–water partition coefficient (Wildman–Crippen LogP) is 1.18. The van der Waals surface area contributed by atoms with Crippen LogP contribution in [0.1, 0.15) is 0 Å². The smallest absolute Gasteiger partial charge is 0.246 e. The second kappa shape index (κ2) is 5.48. The molecule has 1 aromatic rings. The van der Waals surface area contributed by atoms with Gasteiger partial charge in [-0.15, -0.1) is 0 Å². The Morgan fingerprint density at radius 3 is 2.86 bits per heavy atom. The summed E-state index contributed by atoms with van der Waals surface area (Å²) >= 11 is 5.68. The molecule has 116 valence electrons. The highest BCUT2D eigenvalue weighted by Crippen LogP contribution is 2.30. The Morgan fingerprint density at radius 2 is 2.14 bits per heavy atom. The van der Waals surface area contributed by atoms with Gasteiger partial charge in [0.1, 0.15) is 4.90 Å². The number of ether oxygens (including phenoxy) is 1. The lowest BCUT2D eigenvalue weighted by atomic mass is 10.1. The molecule has 2 aliphatic heterocycles. The average Bonchev–Trinajstić information content (AvgIpc) is 2.88. The van der Waals surface area contributed by atoms with Crippen molar-refractivity contribution < 1.29 is 17.5 Å². The lowest BCUT2D eigenvalue weighted by Crippen LogP contribution is -2.48. The zero-order valence-electron chi connectivity index (χ0n) is 11.5. The van der Waals surface area contributed by atoms with Crippen molar-refractivity contribution in [2.24, 2.45) is 0 Å². The highest BCUT2D eigenvalue weighted by molar-refractivity contribution is 7.89. The highest BCUT2D eigenvalue weighted by Gasteiger charge is 2.44. The van der Waals surface area contributed by atoms with Crippen LogP contribution in [-0.4, -0.2) is 63.1 Å². The summed E-state index contributed by atoms with van der Waals surface area (Å²) in [6.45, 7) is 1.89. The van der Waals surface area contributed by atoms with Crippen LogP contribution in [0.2, 0.25) is 5.02 Å². The molecule has 3 rings (SSSR count). The van der Waals surface area contributed by atoms with Crippen LogP contribution in [0.5, 0.6) is 0 Å². The molecule has 0 saturated carbocycles. The van der Waals surface area contributed by atoms with E-state index in [1.54, 1.807) is 0 Å². The maximum atomic E-state index is 14.0. The normalized spacial score (nSPS) is 27.8. The quantitative estimate of drug-likeness (QED) is 0.815. The van der Waals surface area contributed by atoms with Crippen LogP contribution >= 0.6 is 11.6 Å². The van der Waals surface area contributed by atoms with E-state index in [0.29, 0.717) is 13.2 Å². The molecule has 5 nitrogen and oxygen atoms in total. The molecule has 0 aromatic heterocycles. The van der Waals surface area contributed by atoms with E-state index >= 15 is 0 Å². The fourth-order valence-electron chi connectivity index (χ4n) is 2.84. The van der Waals surface area contributed by atoms with Crippen molar-refractivity contribution in [1.82, 2.24) is 9.21 Å². The van der Waals surface area contributed by atoms with E-state index in [0.717, 1.165) is 6.54 Å². The van der Waals surface area contributed by atoms with Crippen molar-refractivity contribution in [3.05, 3.63) is 29.0 Å². The number of hydrogen-bond donors (Lipinski definition) is 0. The average molecular weight is 335 g/mol. The third kappa shape index (κ3) is 2.57. The second-order valence-corrected chi connectivity index (χ2v) is 7.64. The molecule has 0 spiro atoms. The van der Waals surface area contributed by atoms with Crippen LogP contribution in [-0.2, 0) is 14.8 Å². The van der Waals surface area contributed by atoms with Crippen molar-refractivity contribution in [2.75, 3.05) is 33.3 Å². The van der Waals surface area contributed by atoms with E-state index in [-0.39, 0.29) is 28.6 Å². The van der Waals surface area contributed by atoms with Gasteiger partial charge in [0.15, 0.2) is 5.82 Å². The first-order chi connectivity index (χ1) is 9.91. The molecule has 2 heterocycles. The van der Waals surface area contributed by atoms with Crippen molar-refractivity contribution in [3.8, 4) is 0 Å². The van der Waals surface area contributed by atoms with E-state index in [1.807, 2.05) is 7.05 Å². The lowest BCUT2D eigenvalue weighted by molar-refractivity contribution is -0.0366. The summed E-state index contributed by atoms with van der Waals surface area (Å²) in [6, 6.07) is 4.01. The summed E-state index contributed by atoms with van der Waals surface area (Å²) in [5.74, 6) is -0.900. The van der Waals surface area contributed by atoms with E-state index in [4.69, 9.17) is 16.3 Å². The molecule has 2 saturated heterocycles. The molecular weight excluding hydrogens is 319 g/mol. The van der Waals surface area contributed by atoms with Crippen molar-refractivity contribution in [3.63, 3.8) is 0 Å². The Hall–Kier alpha value is -0.730. The molecule has 8 heteroatoms. The van der Waals surface area contributed by atoms with Crippen molar-refractivity contribution >= 4 is 21.6 Å². The van der Waals surface area contributed by atoms with Gasteiger partial charge in [-0.1, -0.05) is 17.7 Å².